The van der Waals surface area contributed by atoms with Crippen LogP contribution in [0.5, 0.6) is 0 Å². The molecule has 3 N–H and O–H groups in total. The second-order valence-electron chi connectivity index (χ2n) is 4.56. The summed E-state index contributed by atoms with van der Waals surface area (Å²) < 4.78 is 0. The van der Waals surface area contributed by atoms with Crippen molar-refractivity contribution in [1.82, 2.24) is 5.32 Å². The number of aliphatic hydroxyl groups is 2. The summed E-state index contributed by atoms with van der Waals surface area (Å²) >= 11 is 6.22. The maximum absolute atomic E-state index is 9.63. The molecular formula is C13H19ClN2O2. The molecule has 2 atom stereocenters. The normalized spacial score (nSPS) is 23.7. The second-order valence-corrected chi connectivity index (χ2v) is 4.96. The van der Waals surface area contributed by atoms with Crippen LogP contribution in [-0.4, -0.2) is 42.1 Å². The molecule has 18 heavy (non-hydrogen) atoms. The predicted octanol–water partition coefficient (Wildman–Crippen LogP) is 0.991. The minimum atomic E-state index is -0.684. The van der Waals surface area contributed by atoms with E-state index in [1.165, 1.54) is 0 Å². The van der Waals surface area contributed by atoms with Crippen molar-refractivity contribution in [2.45, 2.75) is 25.7 Å². The molecule has 2 unspecified atom stereocenters. The smallest absolute Gasteiger partial charge is 0.0990 e. The number of β-amino-alcohol motifs (C(OH)–C–C–N with tert-alkyl or cyclic N) is 2. The fourth-order valence-corrected chi connectivity index (χ4v) is 2.47. The highest BCUT2D eigenvalue weighted by molar-refractivity contribution is 6.31. The van der Waals surface area contributed by atoms with Gasteiger partial charge in [-0.25, -0.2) is 0 Å². The Morgan fingerprint density at radius 3 is 2.61 bits per heavy atom. The van der Waals surface area contributed by atoms with Gasteiger partial charge in [-0.2, -0.15) is 0 Å². The van der Waals surface area contributed by atoms with E-state index in [0.717, 1.165) is 17.8 Å². The van der Waals surface area contributed by atoms with E-state index < -0.39 is 12.2 Å². The lowest BCUT2D eigenvalue weighted by Gasteiger charge is -2.22. The first-order valence-corrected chi connectivity index (χ1v) is 6.60. The lowest BCUT2D eigenvalue weighted by molar-refractivity contribution is 0.0572. The molecular weight excluding hydrogens is 252 g/mol. The number of hydrogen-bond acceptors (Lipinski definition) is 4. The van der Waals surface area contributed by atoms with Crippen LogP contribution in [0.3, 0.4) is 0 Å². The Labute approximate surface area is 112 Å². The zero-order valence-corrected chi connectivity index (χ0v) is 11.2. The number of halogens is 1. The maximum Gasteiger partial charge on any atom is 0.0990 e. The minimum Gasteiger partial charge on any atom is -0.389 e. The molecule has 2 rings (SSSR count). The first-order valence-electron chi connectivity index (χ1n) is 6.22. The molecule has 0 saturated carbocycles. The van der Waals surface area contributed by atoms with Crippen LogP contribution in [0.1, 0.15) is 12.5 Å². The summed E-state index contributed by atoms with van der Waals surface area (Å²) in [5.74, 6) is 0. The molecule has 0 spiro atoms. The number of nitrogens with one attached hydrogen (secondary N) is 1. The van der Waals surface area contributed by atoms with Crippen molar-refractivity contribution in [3.63, 3.8) is 0 Å². The molecule has 1 aromatic carbocycles. The second kappa shape index (κ2) is 5.89. The van der Waals surface area contributed by atoms with E-state index in [0.29, 0.717) is 24.7 Å². The van der Waals surface area contributed by atoms with Gasteiger partial charge in [-0.3, -0.25) is 0 Å². The first kappa shape index (κ1) is 13.6. The van der Waals surface area contributed by atoms with Gasteiger partial charge < -0.3 is 20.4 Å². The third kappa shape index (κ3) is 2.78. The van der Waals surface area contributed by atoms with Crippen molar-refractivity contribution >= 4 is 17.3 Å². The number of anilines is 1. The van der Waals surface area contributed by atoms with Crippen molar-refractivity contribution in [2.75, 3.05) is 24.5 Å². The summed E-state index contributed by atoms with van der Waals surface area (Å²) in [5, 5.41) is 23.2. The van der Waals surface area contributed by atoms with Crippen LogP contribution in [0.15, 0.2) is 18.2 Å². The van der Waals surface area contributed by atoms with Crippen LogP contribution in [0, 0.1) is 0 Å². The summed E-state index contributed by atoms with van der Waals surface area (Å²) in [7, 11) is 0. The maximum atomic E-state index is 9.63. The topological polar surface area (TPSA) is 55.7 Å². The summed E-state index contributed by atoms with van der Waals surface area (Å²) in [6, 6.07) is 5.73. The van der Waals surface area contributed by atoms with Crippen molar-refractivity contribution in [1.29, 1.82) is 0 Å². The van der Waals surface area contributed by atoms with Crippen molar-refractivity contribution in [3.8, 4) is 0 Å². The van der Waals surface area contributed by atoms with Crippen LogP contribution >= 0.6 is 11.6 Å². The summed E-state index contributed by atoms with van der Waals surface area (Å²) in [4.78, 5) is 1.98. The van der Waals surface area contributed by atoms with Crippen LogP contribution in [-0.2, 0) is 6.54 Å². The van der Waals surface area contributed by atoms with Gasteiger partial charge in [0.15, 0.2) is 0 Å². The van der Waals surface area contributed by atoms with E-state index in [4.69, 9.17) is 11.6 Å². The first-order chi connectivity index (χ1) is 8.63. The lowest BCUT2D eigenvalue weighted by Crippen LogP contribution is -2.24. The van der Waals surface area contributed by atoms with E-state index in [9.17, 15) is 10.2 Å². The van der Waals surface area contributed by atoms with E-state index in [1.54, 1.807) is 0 Å². The van der Waals surface area contributed by atoms with Gasteiger partial charge >= 0.3 is 0 Å². The van der Waals surface area contributed by atoms with Gasteiger partial charge in [-0.15, -0.1) is 0 Å². The van der Waals surface area contributed by atoms with Gasteiger partial charge in [0.05, 0.1) is 12.2 Å². The number of aliphatic hydroxyl groups excluding tert-OH is 2. The minimum absolute atomic E-state index is 0.445. The lowest BCUT2D eigenvalue weighted by atomic mass is 10.1. The molecule has 1 aromatic rings. The van der Waals surface area contributed by atoms with Crippen LogP contribution in [0.4, 0.5) is 5.69 Å². The van der Waals surface area contributed by atoms with E-state index in [1.807, 2.05) is 30.0 Å². The average molecular weight is 271 g/mol. The van der Waals surface area contributed by atoms with Crippen LogP contribution in [0.25, 0.3) is 0 Å². The summed E-state index contributed by atoms with van der Waals surface area (Å²) in [6.45, 7) is 4.49. The third-order valence-electron chi connectivity index (χ3n) is 3.25. The monoisotopic (exact) mass is 270 g/mol. The summed E-state index contributed by atoms with van der Waals surface area (Å²) in [6.07, 6.45) is -1.37. The fraction of sp³-hybridized carbons (Fsp3) is 0.538. The van der Waals surface area contributed by atoms with Crippen molar-refractivity contribution in [3.05, 3.63) is 28.8 Å². The molecule has 4 nitrogen and oxygen atoms in total. The zero-order valence-electron chi connectivity index (χ0n) is 10.4. The zero-order chi connectivity index (χ0) is 13.1. The largest absolute Gasteiger partial charge is 0.389 e. The quantitative estimate of drug-likeness (QED) is 0.764. The number of benzene rings is 1. The number of hydrogen-bond donors (Lipinski definition) is 3. The molecule has 0 aromatic heterocycles. The Bertz CT molecular complexity index is 404. The molecule has 0 bridgehead atoms. The average Bonchev–Trinajstić information content (AvgIpc) is 2.68. The fourth-order valence-electron chi connectivity index (χ4n) is 2.23. The van der Waals surface area contributed by atoms with E-state index in [-0.39, 0.29) is 0 Å². The molecule has 1 heterocycles. The van der Waals surface area contributed by atoms with Gasteiger partial charge in [0.1, 0.15) is 0 Å². The molecule has 1 fully saturated rings. The highest BCUT2D eigenvalue weighted by Crippen LogP contribution is 2.30. The Morgan fingerprint density at radius 2 is 2.00 bits per heavy atom. The molecule has 1 saturated heterocycles. The Kier molecular flexibility index (Phi) is 4.45. The highest BCUT2D eigenvalue weighted by Gasteiger charge is 2.30. The van der Waals surface area contributed by atoms with Crippen LogP contribution in [0.2, 0.25) is 5.02 Å². The Balaban J connectivity index is 2.24. The van der Waals surface area contributed by atoms with E-state index >= 15 is 0 Å². The summed E-state index contributed by atoms with van der Waals surface area (Å²) in [5.41, 5.74) is 2.00. The van der Waals surface area contributed by atoms with Gasteiger partial charge in [-0.1, -0.05) is 24.6 Å². The predicted molar refractivity (Wildman–Crippen MR) is 73.1 cm³/mol. The van der Waals surface area contributed by atoms with Crippen molar-refractivity contribution in [2.24, 2.45) is 0 Å². The molecule has 1 aliphatic heterocycles. The van der Waals surface area contributed by atoms with E-state index in [2.05, 4.69) is 5.32 Å². The standard InChI is InChI=1S/C13H19ClN2O2/c1-2-15-6-9-10(14)4-3-5-11(9)16-7-12(17)13(18)8-16/h3-5,12-13,15,17-18H,2,6-8H2,1H3. The Hall–Kier alpha value is -0.810. The van der Waals surface area contributed by atoms with Gasteiger partial charge in [0, 0.05) is 35.9 Å². The third-order valence-corrected chi connectivity index (χ3v) is 3.60. The molecule has 100 valence electrons. The van der Waals surface area contributed by atoms with Gasteiger partial charge in [0.2, 0.25) is 0 Å². The molecule has 1 aliphatic rings. The highest BCUT2D eigenvalue weighted by atomic mass is 35.5. The number of nitrogens with zero attached hydrogens (tertiary/aromatic N) is 1. The molecule has 0 radical (unpaired) electrons. The van der Waals surface area contributed by atoms with Gasteiger partial charge in [0.25, 0.3) is 0 Å². The molecule has 0 amide bonds. The Morgan fingerprint density at radius 1 is 1.33 bits per heavy atom. The molecule has 0 aliphatic carbocycles. The van der Waals surface area contributed by atoms with Gasteiger partial charge in [-0.05, 0) is 18.7 Å². The number of rotatable bonds is 4. The van der Waals surface area contributed by atoms with Crippen LogP contribution < -0.4 is 10.2 Å². The SMILES string of the molecule is CCNCc1c(Cl)cccc1N1CC(O)C(O)C1. The van der Waals surface area contributed by atoms with Crippen molar-refractivity contribution < 1.29 is 10.2 Å². The molecule has 5 heteroatoms.